The number of carbonyl (C=O) groups excluding carboxylic acids is 2. The van der Waals surface area contributed by atoms with Crippen LogP contribution in [0.1, 0.15) is 29.6 Å². The lowest BCUT2D eigenvalue weighted by Gasteiger charge is -2.33. The molecule has 6 heteroatoms. The van der Waals surface area contributed by atoms with Gasteiger partial charge >= 0.3 is 0 Å². The highest BCUT2D eigenvalue weighted by Crippen LogP contribution is 2.20. The topological polar surface area (TPSA) is 63.0 Å². The van der Waals surface area contributed by atoms with Crippen LogP contribution in [-0.4, -0.2) is 62.0 Å². The Morgan fingerprint density at radius 2 is 2.14 bits per heavy atom. The van der Waals surface area contributed by atoms with Crippen LogP contribution in [0.25, 0.3) is 0 Å². The second-order valence-electron chi connectivity index (χ2n) is 5.78. The number of hydrogen-bond acceptors (Lipinski definition) is 4. The van der Waals surface area contributed by atoms with E-state index in [1.807, 2.05) is 4.90 Å². The van der Waals surface area contributed by atoms with Crippen LogP contribution < -0.4 is 0 Å². The molecule has 1 aliphatic heterocycles. The van der Waals surface area contributed by atoms with E-state index in [9.17, 15) is 9.59 Å². The number of methoxy groups -OCH3 is 1. The summed E-state index contributed by atoms with van der Waals surface area (Å²) in [5.41, 5.74) is 0.466. The number of furan rings is 1. The van der Waals surface area contributed by atoms with Crippen LogP contribution in [0, 0.1) is 5.92 Å². The van der Waals surface area contributed by atoms with Gasteiger partial charge in [0.2, 0.25) is 5.91 Å². The molecule has 2 heterocycles. The van der Waals surface area contributed by atoms with Gasteiger partial charge in [0.05, 0.1) is 18.4 Å². The van der Waals surface area contributed by atoms with Crippen LogP contribution in [0.3, 0.4) is 0 Å². The minimum atomic E-state index is -0.197. The summed E-state index contributed by atoms with van der Waals surface area (Å²) in [4.78, 5) is 27.6. The van der Waals surface area contributed by atoms with Crippen molar-refractivity contribution in [2.24, 2.45) is 5.92 Å². The zero-order valence-electron chi connectivity index (χ0n) is 13.3. The van der Waals surface area contributed by atoms with Gasteiger partial charge in [0, 0.05) is 33.9 Å². The molecule has 1 aromatic rings. The molecule has 2 amide bonds. The van der Waals surface area contributed by atoms with Crippen LogP contribution in [0.2, 0.25) is 0 Å². The van der Waals surface area contributed by atoms with Crippen LogP contribution in [0.5, 0.6) is 0 Å². The summed E-state index contributed by atoms with van der Waals surface area (Å²) in [6.45, 7) is 2.41. The normalized spacial score (nSPS) is 15.8. The number of piperidine rings is 1. The van der Waals surface area contributed by atoms with E-state index in [0.717, 1.165) is 39.0 Å². The van der Waals surface area contributed by atoms with Gasteiger partial charge in [-0.25, -0.2) is 0 Å². The summed E-state index contributed by atoms with van der Waals surface area (Å²) >= 11 is 0. The number of hydrogen-bond donors (Lipinski definition) is 0. The molecule has 0 aliphatic carbocycles. The van der Waals surface area contributed by atoms with Gasteiger partial charge in [-0.3, -0.25) is 9.59 Å². The fraction of sp³-hybridized carbons (Fsp3) is 0.625. The lowest BCUT2D eigenvalue weighted by molar-refractivity contribution is -0.133. The maximum atomic E-state index is 12.3. The molecule has 0 unspecified atom stereocenters. The van der Waals surface area contributed by atoms with E-state index < -0.39 is 0 Å². The van der Waals surface area contributed by atoms with Crippen molar-refractivity contribution in [3.05, 3.63) is 24.2 Å². The van der Waals surface area contributed by atoms with Gasteiger partial charge in [-0.2, -0.15) is 0 Å². The number of ether oxygens (including phenoxy) is 1. The molecule has 2 rings (SSSR count). The number of amides is 2. The van der Waals surface area contributed by atoms with Gasteiger partial charge < -0.3 is 19.0 Å². The summed E-state index contributed by atoms with van der Waals surface area (Å²) in [6.07, 6.45) is 5.92. The van der Waals surface area contributed by atoms with E-state index in [1.54, 1.807) is 20.2 Å². The van der Waals surface area contributed by atoms with Crippen molar-refractivity contribution in [2.45, 2.75) is 19.3 Å². The zero-order valence-corrected chi connectivity index (χ0v) is 13.3. The first kappa shape index (κ1) is 16.5. The molecule has 122 valence electrons. The molecule has 0 aromatic carbocycles. The third kappa shape index (κ3) is 4.34. The van der Waals surface area contributed by atoms with Crippen LogP contribution in [-0.2, 0) is 9.53 Å². The Hall–Kier alpha value is -1.82. The Kier molecular flexibility index (Phi) is 6.00. The second kappa shape index (κ2) is 7.98. The molecule has 0 saturated carbocycles. The number of rotatable bonds is 6. The van der Waals surface area contributed by atoms with Gasteiger partial charge in [-0.05, 0) is 31.2 Å². The lowest BCUT2D eigenvalue weighted by Crippen LogP contribution is -2.44. The minimum absolute atomic E-state index is 0.00420. The molecule has 6 nitrogen and oxygen atoms in total. The third-order valence-electron chi connectivity index (χ3n) is 4.18. The summed E-state index contributed by atoms with van der Waals surface area (Å²) < 4.78 is 10.00. The fourth-order valence-electron chi connectivity index (χ4n) is 2.74. The molecule has 22 heavy (non-hydrogen) atoms. The van der Waals surface area contributed by atoms with E-state index in [1.165, 1.54) is 17.4 Å². The molecule has 1 saturated heterocycles. The monoisotopic (exact) mass is 308 g/mol. The van der Waals surface area contributed by atoms with Crippen molar-refractivity contribution in [1.29, 1.82) is 0 Å². The second-order valence-corrected chi connectivity index (χ2v) is 5.78. The van der Waals surface area contributed by atoms with E-state index in [-0.39, 0.29) is 18.4 Å². The molecule has 1 aliphatic rings. The van der Waals surface area contributed by atoms with Crippen molar-refractivity contribution in [3.8, 4) is 0 Å². The van der Waals surface area contributed by atoms with Crippen molar-refractivity contribution in [2.75, 3.05) is 40.4 Å². The summed E-state index contributed by atoms with van der Waals surface area (Å²) in [5.74, 6) is 0.441. The summed E-state index contributed by atoms with van der Waals surface area (Å²) in [7, 11) is 3.35. The number of carbonyl (C=O) groups is 2. The van der Waals surface area contributed by atoms with Gasteiger partial charge in [0.25, 0.3) is 5.91 Å². The predicted molar refractivity (Wildman–Crippen MR) is 81.5 cm³/mol. The van der Waals surface area contributed by atoms with Gasteiger partial charge in [-0.15, -0.1) is 0 Å². The zero-order chi connectivity index (χ0) is 15.9. The molecule has 0 spiro atoms. The third-order valence-corrected chi connectivity index (χ3v) is 4.18. The SMILES string of the molecule is COCCC1CCN(C(=O)CN(C)C(=O)c2ccoc2)CC1. The standard InChI is InChI=1S/C16H24N2O4/c1-17(16(20)14-6-10-22-12-14)11-15(19)18-7-3-13(4-8-18)5-9-21-2/h6,10,12-13H,3-5,7-9,11H2,1-2H3. The average Bonchev–Trinajstić information content (AvgIpc) is 3.06. The summed E-state index contributed by atoms with van der Waals surface area (Å²) in [5, 5.41) is 0. The van der Waals surface area contributed by atoms with E-state index in [2.05, 4.69) is 0 Å². The molecular formula is C16H24N2O4. The molecule has 0 radical (unpaired) electrons. The molecule has 0 N–H and O–H groups in total. The number of likely N-dealkylation sites (tertiary alicyclic amines) is 1. The first-order chi connectivity index (χ1) is 10.6. The minimum Gasteiger partial charge on any atom is -0.472 e. The predicted octanol–water partition coefficient (Wildman–Crippen LogP) is 1.63. The quantitative estimate of drug-likeness (QED) is 0.801. The number of likely N-dealkylation sites (N-methyl/N-ethyl adjacent to an activating group) is 1. The van der Waals surface area contributed by atoms with E-state index >= 15 is 0 Å². The van der Waals surface area contributed by atoms with Crippen molar-refractivity contribution in [3.63, 3.8) is 0 Å². The Bertz CT molecular complexity index is 478. The first-order valence-corrected chi connectivity index (χ1v) is 7.66. The van der Waals surface area contributed by atoms with Crippen LogP contribution in [0.15, 0.2) is 23.0 Å². The fourth-order valence-corrected chi connectivity index (χ4v) is 2.74. The molecule has 0 bridgehead atoms. The first-order valence-electron chi connectivity index (χ1n) is 7.66. The van der Waals surface area contributed by atoms with Crippen molar-refractivity contribution in [1.82, 2.24) is 9.80 Å². The Morgan fingerprint density at radius 1 is 1.41 bits per heavy atom. The molecule has 1 aromatic heterocycles. The van der Waals surface area contributed by atoms with Crippen LogP contribution in [0.4, 0.5) is 0 Å². The van der Waals surface area contributed by atoms with E-state index in [4.69, 9.17) is 9.15 Å². The Morgan fingerprint density at radius 3 is 2.73 bits per heavy atom. The highest BCUT2D eigenvalue weighted by atomic mass is 16.5. The molecule has 0 atom stereocenters. The Balaban J connectivity index is 1.77. The van der Waals surface area contributed by atoms with E-state index in [0.29, 0.717) is 11.5 Å². The Labute approximate surface area is 131 Å². The number of nitrogens with zero attached hydrogens (tertiary/aromatic N) is 2. The summed E-state index contributed by atoms with van der Waals surface area (Å²) in [6, 6.07) is 1.60. The van der Waals surface area contributed by atoms with Gasteiger partial charge in [-0.1, -0.05) is 0 Å². The van der Waals surface area contributed by atoms with Crippen molar-refractivity contribution < 1.29 is 18.7 Å². The van der Waals surface area contributed by atoms with Gasteiger partial charge in [0.15, 0.2) is 0 Å². The van der Waals surface area contributed by atoms with Crippen LogP contribution >= 0.6 is 0 Å². The average molecular weight is 308 g/mol. The lowest BCUT2D eigenvalue weighted by atomic mass is 9.94. The van der Waals surface area contributed by atoms with Gasteiger partial charge in [0.1, 0.15) is 6.26 Å². The maximum Gasteiger partial charge on any atom is 0.257 e. The molecule has 1 fully saturated rings. The smallest absolute Gasteiger partial charge is 0.257 e. The largest absolute Gasteiger partial charge is 0.472 e. The highest BCUT2D eigenvalue weighted by Gasteiger charge is 2.24. The van der Waals surface area contributed by atoms with Crippen molar-refractivity contribution >= 4 is 11.8 Å². The molecular weight excluding hydrogens is 284 g/mol. The maximum absolute atomic E-state index is 12.3. The highest BCUT2D eigenvalue weighted by molar-refractivity contribution is 5.96.